The summed E-state index contributed by atoms with van der Waals surface area (Å²) in [5, 5.41) is 7.05. The summed E-state index contributed by atoms with van der Waals surface area (Å²) >= 11 is 0. The second-order valence-corrected chi connectivity index (χ2v) is 8.57. The molecule has 0 bridgehead atoms. The van der Waals surface area contributed by atoms with E-state index in [1.54, 1.807) is 0 Å². The number of benzene rings is 1. The second-order valence-electron chi connectivity index (χ2n) is 8.57. The van der Waals surface area contributed by atoms with Crippen molar-refractivity contribution >= 4 is 35.8 Å². The molecule has 1 aliphatic carbocycles. The van der Waals surface area contributed by atoms with Crippen LogP contribution in [0.1, 0.15) is 50.2 Å². The molecule has 0 spiro atoms. The van der Waals surface area contributed by atoms with Crippen LogP contribution >= 0.6 is 24.0 Å². The van der Waals surface area contributed by atoms with Gasteiger partial charge >= 0.3 is 0 Å². The van der Waals surface area contributed by atoms with E-state index in [-0.39, 0.29) is 24.0 Å². The molecule has 174 valence electrons. The van der Waals surface area contributed by atoms with E-state index in [9.17, 15) is 0 Å². The Bertz CT molecular complexity index is 861. The highest BCUT2D eigenvalue weighted by atomic mass is 127. The van der Waals surface area contributed by atoms with Gasteiger partial charge in [-0.3, -0.25) is 0 Å². The maximum atomic E-state index is 6.16. The first-order chi connectivity index (χ1) is 15.2. The lowest BCUT2D eigenvalue weighted by Crippen LogP contribution is -2.48. The molecule has 2 aromatic rings. The Hall–Kier alpha value is -2.03. The Morgan fingerprint density at radius 3 is 2.56 bits per heavy atom. The van der Waals surface area contributed by atoms with Gasteiger partial charge in [-0.25, -0.2) is 9.98 Å². The number of aryl methyl sites for hydroxylation is 1. The van der Waals surface area contributed by atoms with Gasteiger partial charge in [0.25, 0.3) is 0 Å². The fourth-order valence-corrected chi connectivity index (χ4v) is 4.00. The number of aliphatic imine (C=N–C) groups is 1. The highest BCUT2D eigenvalue weighted by Crippen LogP contribution is 2.28. The van der Waals surface area contributed by atoms with Crippen LogP contribution in [0.3, 0.4) is 0 Å². The second kappa shape index (κ2) is 12.3. The van der Waals surface area contributed by atoms with Crippen molar-refractivity contribution in [1.82, 2.24) is 15.6 Å². The normalized spacial score (nSPS) is 17.3. The number of halogens is 1. The first-order valence-corrected chi connectivity index (χ1v) is 11.7. The molecular weight excluding hydrogens is 513 g/mol. The number of piperidine rings is 1. The molecular formula is C25H36IN5O. The molecule has 0 amide bonds. The van der Waals surface area contributed by atoms with Gasteiger partial charge in [0, 0.05) is 37.4 Å². The molecule has 32 heavy (non-hydrogen) atoms. The van der Waals surface area contributed by atoms with E-state index in [0.717, 1.165) is 55.6 Å². The minimum absolute atomic E-state index is 0. The average Bonchev–Trinajstić information content (AvgIpc) is 2.76. The highest BCUT2D eigenvalue weighted by Gasteiger charge is 2.22. The molecule has 0 atom stereocenters. The van der Waals surface area contributed by atoms with Crippen molar-refractivity contribution in [3.05, 3.63) is 53.7 Å². The molecule has 7 heteroatoms. The summed E-state index contributed by atoms with van der Waals surface area (Å²) in [5.41, 5.74) is 2.35. The van der Waals surface area contributed by atoms with Crippen LogP contribution in [0.25, 0.3) is 0 Å². The van der Waals surface area contributed by atoms with Gasteiger partial charge in [-0.2, -0.15) is 0 Å². The van der Waals surface area contributed by atoms with Gasteiger partial charge in [0.1, 0.15) is 11.6 Å². The van der Waals surface area contributed by atoms with Crippen LogP contribution in [0.4, 0.5) is 5.82 Å². The lowest BCUT2D eigenvalue weighted by Gasteiger charge is -2.34. The maximum absolute atomic E-state index is 6.16. The van der Waals surface area contributed by atoms with Crippen LogP contribution in [0.5, 0.6) is 5.75 Å². The van der Waals surface area contributed by atoms with Crippen LogP contribution in [0.15, 0.2) is 47.6 Å². The molecule has 1 aliphatic heterocycles. The van der Waals surface area contributed by atoms with E-state index in [1.165, 1.54) is 24.8 Å². The lowest BCUT2D eigenvalue weighted by molar-refractivity contribution is 0.119. The predicted molar refractivity (Wildman–Crippen MR) is 142 cm³/mol. The van der Waals surface area contributed by atoms with Crippen molar-refractivity contribution in [2.24, 2.45) is 4.99 Å². The average molecular weight is 550 g/mol. The van der Waals surface area contributed by atoms with Gasteiger partial charge in [-0.15, -0.1) is 24.0 Å². The topological polar surface area (TPSA) is 61.8 Å². The van der Waals surface area contributed by atoms with Crippen molar-refractivity contribution in [2.45, 2.75) is 64.6 Å². The van der Waals surface area contributed by atoms with E-state index >= 15 is 0 Å². The monoisotopic (exact) mass is 549 g/mol. The van der Waals surface area contributed by atoms with Gasteiger partial charge < -0.3 is 20.3 Å². The molecule has 1 aromatic heterocycles. The summed E-state index contributed by atoms with van der Waals surface area (Å²) < 4.78 is 6.16. The Labute approximate surface area is 209 Å². The Kier molecular flexibility index (Phi) is 9.44. The van der Waals surface area contributed by atoms with E-state index in [0.29, 0.717) is 18.7 Å². The minimum atomic E-state index is 0. The number of nitrogens with zero attached hydrogens (tertiary/aromatic N) is 3. The number of ether oxygens (including phenoxy) is 1. The summed E-state index contributed by atoms with van der Waals surface area (Å²) in [4.78, 5) is 11.8. The standard InChI is InChI=1S/C25H35N5O.HI/c1-3-26-25(28-18-20-7-4-5-10-23(20)31-22-8-6-9-22)29-21-13-15-30(16-14-21)24-12-11-19(2)17-27-24;/h4-5,7,10-12,17,21-22H,3,6,8-9,13-16,18H2,1-2H3,(H2,26,28,29);1H. The Morgan fingerprint density at radius 1 is 1.12 bits per heavy atom. The van der Waals surface area contributed by atoms with Crippen LogP contribution < -0.4 is 20.3 Å². The molecule has 0 unspecified atom stereocenters. The van der Waals surface area contributed by atoms with Gasteiger partial charge in [-0.1, -0.05) is 24.3 Å². The number of para-hydroxylation sites is 1. The molecule has 4 rings (SSSR count). The quantitative estimate of drug-likeness (QED) is 0.299. The molecule has 6 nitrogen and oxygen atoms in total. The summed E-state index contributed by atoms with van der Waals surface area (Å²) in [6.45, 7) is 7.65. The molecule has 2 fully saturated rings. The third-order valence-corrected chi connectivity index (χ3v) is 6.13. The van der Waals surface area contributed by atoms with Crippen molar-refractivity contribution in [2.75, 3.05) is 24.5 Å². The SMILES string of the molecule is CCNC(=NCc1ccccc1OC1CCC1)NC1CCN(c2ccc(C)cn2)CC1.I. The maximum Gasteiger partial charge on any atom is 0.191 e. The van der Waals surface area contributed by atoms with Crippen molar-refractivity contribution in [3.63, 3.8) is 0 Å². The molecule has 0 radical (unpaired) electrons. The fourth-order valence-electron chi connectivity index (χ4n) is 4.00. The number of guanidine groups is 1. The van der Waals surface area contributed by atoms with E-state index in [2.05, 4.69) is 64.7 Å². The number of hydrogen-bond acceptors (Lipinski definition) is 4. The number of hydrogen-bond donors (Lipinski definition) is 2. The molecule has 2 aliphatic rings. The number of nitrogens with one attached hydrogen (secondary N) is 2. The van der Waals surface area contributed by atoms with Crippen LogP contribution in [0.2, 0.25) is 0 Å². The lowest BCUT2D eigenvalue weighted by atomic mass is 9.96. The highest BCUT2D eigenvalue weighted by molar-refractivity contribution is 14.0. The number of pyridine rings is 1. The summed E-state index contributed by atoms with van der Waals surface area (Å²) in [7, 11) is 0. The van der Waals surface area contributed by atoms with Crippen LogP contribution in [-0.4, -0.2) is 42.7 Å². The number of anilines is 1. The van der Waals surface area contributed by atoms with E-state index < -0.39 is 0 Å². The van der Waals surface area contributed by atoms with Gasteiger partial charge in [0.15, 0.2) is 5.96 Å². The zero-order valence-corrected chi connectivity index (χ0v) is 21.5. The summed E-state index contributed by atoms with van der Waals surface area (Å²) in [5.74, 6) is 2.94. The molecule has 1 saturated heterocycles. The van der Waals surface area contributed by atoms with Crippen LogP contribution in [-0.2, 0) is 6.54 Å². The minimum Gasteiger partial charge on any atom is -0.490 e. The van der Waals surface area contributed by atoms with Crippen molar-refractivity contribution in [1.29, 1.82) is 0 Å². The van der Waals surface area contributed by atoms with E-state index in [1.807, 2.05) is 12.3 Å². The van der Waals surface area contributed by atoms with Crippen molar-refractivity contribution in [3.8, 4) is 5.75 Å². The molecule has 2 N–H and O–H groups in total. The third kappa shape index (κ3) is 6.73. The Morgan fingerprint density at radius 2 is 1.91 bits per heavy atom. The molecule has 1 aromatic carbocycles. The smallest absolute Gasteiger partial charge is 0.191 e. The van der Waals surface area contributed by atoms with Gasteiger partial charge in [0.05, 0.1) is 12.6 Å². The first-order valence-electron chi connectivity index (χ1n) is 11.7. The first kappa shape index (κ1) is 24.6. The zero-order chi connectivity index (χ0) is 21.5. The Balaban J connectivity index is 0.00000289. The third-order valence-electron chi connectivity index (χ3n) is 6.13. The predicted octanol–water partition coefficient (Wildman–Crippen LogP) is 4.66. The zero-order valence-electron chi connectivity index (χ0n) is 19.2. The largest absolute Gasteiger partial charge is 0.490 e. The van der Waals surface area contributed by atoms with Gasteiger partial charge in [0.2, 0.25) is 0 Å². The fraction of sp³-hybridized carbons (Fsp3) is 0.520. The summed E-state index contributed by atoms with van der Waals surface area (Å²) in [6, 6.07) is 13.0. The molecule has 2 heterocycles. The summed E-state index contributed by atoms with van der Waals surface area (Å²) in [6.07, 6.45) is 8.07. The number of aromatic nitrogens is 1. The van der Waals surface area contributed by atoms with Crippen LogP contribution in [0, 0.1) is 6.92 Å². The van der Waals surface area contributed by atoms with Gasteiger partial charge in [-0.05, 0) is 63.6 Å². The molecule has 1 saturated carbocycles. The van der Waals surface area contributed by atoms with E-state index in [4.69, 9.17) is 9.73 Å². The van der Waals surface area contributed by atoms with Crippen molar-refractivity contribution < 1.29 is 4.74 Å². The number of rotatable bonds is 7.